The normalized spacial score (nSPS) is 12.8. The molecule has 0 fully saturated rings. The smallest absolute Gasteiger partial charge is 0.141 e. The molecule has 0 spiro atoms. The first-order valence-electron chi connectivity index (χ1n) is 6.35. The molecule has 1 aromatic carbocycles. The van der Waals surface area contributed by atoms with Gasteiger partial charge in [0.1, 0.15) is 23.3 Å². The zero-order valence-corrected chi connectivity index (χ0v) is 11.2. The summed E-state index contributed by atoms with van der Waals surface area (Å²) in [5, 5.41) is 11.2. The van der Waals surface area contributed by atoms with Crippen molar-refractivity contribution in [2.45, 2.75) is 20.0 Å². The summed E-state index contributed by atoms with van der Waals surface area (Å²) in [6.07, 6.45) is 2.39. The Morgan fingerprint density at radius 2 is 2.05 bits per heavy atom. The third-order valence-electron chi connectivity index (χ3n) is 3.56. The highest BCUT2D eigenvalue weighted by atomic mass is 19.1. The third-order valence-corrected chi connectivity index (χ3v) is 3.56. The van der Waals surface area contributed by atoms with Gasteiger partial charge in [0.05, 0.1) is 0 Å². The number of fused-ring (bicyclic) bond motifs is 1. The van der Waals surface area contributed by atoms with E-state index in [4.69, 9.17) is 4.42 Å². The van der Waals surface area contributed by atoms with E-state index in [1.807, 2.05) is 19.9 Å². The molecule has 0 amide bonds. The van der Waals surface area contributed by atoms with E-state index in [9.17, 15) is 9.50 Å². The standard InChI is InChI=1S/C16H14FNO2/c1-9-5-6-18-8-13(9)15(19)16-10(2)12-7-11(17)3-4-14(12)20-16/h3-8,15,19H,1-2H3. The lowest BCUT2D eigenvalue weighted by molar-refractivity contribution is 0.190. The molecule has 0 saturated carbocycles. The first kappa shape index (κ1) is 12.8. The summed E-state index contributed by atoms with van der Waals surface area (Å²) in [5.74, 6) is 0.113. The topological polar surface area (TPSA) is 46.3 Å². The molecular formula is C16H14FNO2. The summed E-state index contributed by atoms with van der Waals surface area (Å²) in [6.45, 7) is 3.72. The van der Waals surface area contributed by atoms with Crippen LogP contribution in [0.4, 0.5) is 4.39 Å². The number of hydrogen-bond donors (Lipinski definition) is 1. The SMILES string of the molecule is Cc1ccncc1C(O)c1oc2ccc(F)cc2c1C. The molecule has 0 aliphatic rings. The molecule has 0 aliphatic heterocycles. The van der Waals surface area contributed by atoms with Crippen molar-refractivity contribution in [2.24, 2.45) is 0 Å². The van der Waals surface area contributed by atoms with Gasteiger partial charge in [0.25, 0.3) is 0 Å². The Morgan fingerprint density at radius 3 is 2.80 bits per heavy atom. The van der Waals surface area contributed by atoms with Crippen LogP contribution in [0.5, 0.6) is 0 Å². The Balaban J connectivity index is 2.15. The summed E-state index contributed by atoms with van der Waals surface area (Å²) in [4.78, 5) is 4.03. The van der Waals surface area contributed by atoms with Crippen molar-refractivity contribution >= 4 is 11.0 Å². The van der Waals surface area contributed by atoms with Crippen molar-refractivity contribution in [3.05, 3.63) is 64.9 Å². The van der Waals surface area contributed by atoms with Gasteiger partial charge in [-0.05, 0) is 43.7 Å². The van der Waals surface area contributed by atoms with Gasteiger partial charge in [0, 0.05) is 28.9 Å². The quantitative estimate of drug-likeness (QED) is 0.773. The fourth-order valence-electron chi connectivity index (χ4n) is 2.38. The number of furan rings is 1. The predicted octanol–water partition coefficient (Wildman–Crippen LogP) is 3.67. The molecular weight excluding hydrogens is 257 g/mol. The van der Waals surface area contributed by atoms with Crippen LogP contribution in [0.25, 0.3) is 11.0 Å². The molecule has 0 bridgehead atoms. The Labute approximate surface area is 115 Å². The summed E-state index contributed by atoms with van der Waals surface area (Å²) >= 11 is 0. The third kappa shape index (κ3) is 1.98. The molecule has 3 rings (SSSR count). The van der Waals surface area contributed by atoms with Gasteiger partial charge in [-0.3, -0.25) is 4.98 Å². The molecule has 2 aromatic heterocycles. The van der Waals surface area contributed by atoms with Crippen LogP contribution in [0.3, 0.4) is 0 Å². The van der Waals surface area contributed by atoms with Crippen LogP contribution >= 0.6 is 0 Å². The number of nitrogens with zero attached hydrogens (tertiary/aromatic N) is 1. The lowest BCUT2D eigenvalue weighted by Gasteiger charge is -2.11. The van der Waals surface area contributed by atoms with Gasteiger partial charge in [-0.15, -0.1) is 0 Å². The van der Waals surface area contributed by atoms with Crippen LogP contribution in [-0.4, -0.2) is 10.1 Å². The minimum atomic E-state index is -0.904. The van der Waals surface area contributed by atoms with E-state index in [1.165, 1.54) is 12.1 Å². The maximum Gasteiger partial charge on any atom is 0.141 e. The van der Waals surface area contributed by atoms with E-state index in [-0.39, 0.29) is 5.82 Å². The number of rotatable bonds is 2. The van der Waals surface area contributed by atoms with Gasteiger partial charge >= 0.3 is 0 Å². The van der Waals surface area contributed by atoms with Crippen molar-refractivity contribution in [3.8, 4) is 0 Å². The Kier molecular flexibility index (Phi) is 3.03. The molecule has 2 heterocycles. The Bertz CT molecular complexity index is 779. The largest absolute Gasteiger partial charge is 0.458 e. The molecule has 102 valence electrons. The molecule has 0 saturated heterocycles. The van der Waals surface area contributed by atoms with Gasteiger partial charge in [-0.1, -0.05) is 0 Å². The second-order valence-electron chi connectivity index (χ2n) is 4.87. The van der Waals surface area contributed by atoms with Crippen LogP contribution in [0, 0.1) is 19.7 Å². The average Bonchev–Trinajstić information content (AvgIpc) is 2.76. The highest BCUT2D eigenvalue weighted by Crippen LogP contribution is 2.33. The van der Waals surface area contributed by atoms with Crippen LogP contribution in [-0.2, 0) is 0 Å². The summed E-state index contributed by atoms with van der Waals surface area (Å²) < 4.78 is 19.0. The Morgan fingerprint density at radius 1 is 1.25 bits per heavy atom. The average molecular weight is 271 g/mol. The van der Waals surface area contributed by atoms with Gasteiger partial charge in [0.15, 0.2) is 0 Å². The molecule has 3 aromatic rings. The maximum atomic E-state index is 13.3. The first-order chi connectivity index (χ1) is 9.58. The van der Waals surface area contributed by atoms with Crippen LogP contribution < -0.4 is 0 Å². The number of hydrogen-bond acceptors (Lipinski definition) is 3. The molecule has 1 unspecified atom stereocenters. The summed E-state index contributed by atoms with van der Waals surface area (Å²) in [7, 11) is 0. The molecule has 0 aliphatic carbocycles. The minimum absolute atomic E-state index is 0.319. The van der Waals surface area contributed by atoms with Crippen molar-refractivity contribution in [2.75, 3.05) is 0 Å². The van der Waals surface area contributed by atoms with Crippen LogP contribution in [0.15, 0.2) is 41.1 Å². The molecule has 4 heteroatoms. The number of halogens is 1. The van der Waals surface area contributed by atoms with Crippen LogP contribution in [0.2, 0.25) is 0 Å². The lowest BCUT2D eigenvalue weighted by Crippen LogP contribution is -2.02. The molecule has 1 N–H and O–H groups in total. The van der Waals surface area contributed by atoms with Crippen molar-refractivity contribution < 1.29 is 13.9 Å². The Hall–Kier alpha value is -2.20. The molecule has 3 nitrogen and oxygen atoms in total. The number of pyridine rings is 1. The highest BCUT2D eigenvalue weighted by Gasteiger charge is 2.21. The number of aryl methyl sites for hydroxylation is 2. The maximum absolute atomic E-state index is 13.3. The van der Waals surface area contributed by atoms with E-state index >= 15 is 0 Å². The van der Waals surface area contributed by atoms with Gasteiger partial charge < -0.3 is 9.52 Å². The molecule has 20 heavy (non-hydrogen) atoms. The second-order valence-corrected chi connectivity index (χ2v) is 4.87. The van der Waals surface area contributed by atoms with E-state index in [2.05, 4.69) is 4.98 Å². The molecule has 0 radical (unpaired) electrons. The monoisotopic (exact) mass is 271 g/mol. The van der Waals surface area contributed by atoms with Gasteiger partial charge in [0.2, 0.25) is 0 Å². The number of aromatic nitrogens is 1. The number of aliphatic hydroxyl groups excluding tert-OH is 1. The highest BCUT2D eigenvalue weighted by molar-refractivity contribution is 5.82. The fraction of sp³-hybridized carbons (Fsp3) is 0.188. The van der Waals surface area contributed by atoms with Crippen molar-refractivity contribution in [3.63, 3.8) is 0 Å². The predicted molar refractivity (Wildman–Crippen MR) is 73.9 cm³/mol. The van der Waals surface area contributed by atoms with Gasteiger partial charge in [-0.25, -0.2) is 4.39 Å². The summed E-state index contributed by atoms with van der Waals surface area (Å²) in [6, 6.07) is 6.16. The van der Waals surface area contributed by atoms with E-state index in [0.717, 1.165) is 11.1 Å². The van der Waals surface area contributed by atoms with Crippen molar-refractivity contribution in [1.29, 1.82) is 0 Å². The number of benzene rings is 1. The first-order valence-corrected chi connectivity index (χ1v) is 6.35. The zero-order valence-electron chi connectivity index (χ0n) is 11.2. The zero-order chi connectivity index (χ0) is 14.3. The van der Waals surface area contributed by atoms with E-state index in [0.29, 0.717) is 22.3 Å². The van der Waals surface area contributed by atoms with Crippen LogP contribution in [0.1, 0.15) is 28.6 Å². The van der Waals surface area contributed by atoms with Gasteiger partial charge in [-0.2, -0.15) is 0 Å². The van der Waals surface area contributed by atoms with Crippen molar-refractivity contribution in [1.82, 2.24) is 4.98 Å². The van der Waals surface area contributed by atoms with E-state index in [1.54, 1.807) is 18.5 Å². The minimum Gasteiger partial charge on any atom is -0.458 e. The molecule has 1 atom stereocenters. The number of aliphatic hydroxyl groups is 1. The fourth-order valence-corrected chi connectivity index (χ4v) is 2.38. The van der Waals surface area contributed by atoms with E-state index < -0.39 is 6.10 Å². The second kappa shape index (κ2) is 4.72. The summed E-state index contributed by atoms with van der Waals surface area (Å²) in [5.41, 5.74) is 2.93. The lowest BCUT2D eigenvalue weighted by atomic mass is 10.0.